The largest absolute Gasteiger partial charge is 0.449 e. The number of halogens is 4. The van der Waals surface area contributed by atoms with Crippen LogP contribution in [0.2, 0.25) is 5.02 Å². The molecule has 2 aromatic carbocycles. The minimum Gasteiger partial charge on any atom is -0.326 e. The van der Waals surface area contributed by atoms with Crippen molar-refractivity contribution in [3.63, 3.8) is 0 Å². The Morgan fingerprint density at radius 1 is 1.10 bits per heavy atom. The number of nitrogens with one attached hydrogen (secondary N) is 2. The molecule has 158 valence electrons. The molecular formula is C20H18ClF3N4O2. The smallest absolute Gasteiger partial charge is 0.326 e. The fraction of sp³-hybridized carbons (Fsp3) is 0.250. The first kappa shape index (κ1) is 21.6. The van der Waals surface area contributed by atoms with Gasteiger partial charge in [-0.2, -0.15) is 13.2 Å². The van der Waals surface area contributed by atoms with Gasteiger partial charge in [0.05, 0.1) is 21.7 Å². The van der Waals surface area contributed by atoms with E-state index >= 15 is 0 Å². The van der Waals surface area contributed by atoms with Crippen LogP contribution in [0.15, 0.2) is 36.4 Å². The normalized spacial score (nSPS) is 11.7. The summed E-state index contributed by atoms with van der Waals surface area (Å²) in [5, 5.41) is 5.37. The maximum atomic E-state index is 13.3. The molecule has 0 aliphatic heterocycles. The second kappa shape index (κ2) is 7.98. The van der Waals surface area contributed by atoms with Gasteiger partial charge in [0.1, 0.15) is 0 Å². The van der Waals surface area contributed by atoms with Crippen molar-refractivity contribution in [2.45, 2.75) is 33.0 Å². The highest BCUT2D eigenvalue weighted by Gasteiger charge is 2.38. The first-order valence-electron chi connectivity index (χ1n) is 8.95. The highest BCUT2D eigenvalue weighted by atomic mass is 35.5. The molecule has 3 rings (SSSR count). The number of fused-ring (bicyclic) bond motifs is 1. The zero-order chi connectivity index (χ0) is 22.2. The summed E-state index contributed by atoms with van der Waals surface area (Å²) in [4.78, 5) is 27.4. The third-order valence-electron chi connectivity index (χ3n) is 4.26. The number of alkyl halides is 3. The molecule has 0 saturated carbocycles. The first-order chi connectivity index (χ1) is 14.0. The number of amides is 2. The van der Waals surface area contributed by atoms with E-state index in [-0.39, 0.29) is 27.5 Å². The summed E-state index contributed by atoms with van der Waals surface area (Å²) in [6.07, 6.45) is -4.62. The van der Waals surface area contributed by atoms with E-state index in [1.165, 1.54) is 37.3 Å². The number of nitrogens with zero attached hydrogens (tertiary/aromatic N) is 2. The Labute approximate surface area is 175 Å². The van der Waals surface area contributed by atoms with Crippen molar-refractivity contribution < 1.29 is 22.8 Å². The van der Waals surface area contributed by atoms with Crippen LogP contribution in [0.3, 0.4) is 0 Å². The molecule has 1 heterocycles. The fourth-order valence-electron chi connectivity index (χ4n) is 3.05. The lowest BCUT2D eigenvalue weighted by atomic mass is 10.1. The third kappa shape index (κ3) is 4.40. The molecule has 0 atom stereocenters. The lowest BCUT2D eigenvalue weighted by Crippen LogP contribution is -2.16. The monoisotopic (exact) mass is 438 g/mol. The highest BCUT2D eigenvalue weighted by molar-refractivity contribution is 6.34. The van der Waals surface area contributed by atoms with Crippen LogP contribution in [0.1, 0.15) is 43.0 Å². The zero-order valence-corrected chi connectivity index (χ0v) is 17.0. The van der Waals surface area contributed by atoms with Crippen LogP contribution in [0.4, 0.5) is 24.5 Å². The van der Waals surface area contributed by atoms with Crippen molar-refractivity contribution in [1.29, 1.82) is 0 Å². The predicted molar refractivity (Wildman–Crippen MR) is 109 cm³/mol. The van der Waals surface area contributed by atoms with Gasteiger partial charge in [0.25, 0.3) is 5.91 Å². The molecule has 0 unspecified atom stereocenters. The van der Waals surface area contributed by atoms with Gasteiger partial charge in [0, 0.05) is 24.2 Å². The summed E-state index contributed by atoms with van der Waals surface area (Å²) in [6, 6.07) is 8.25. The molecule has 6 nitrogen and oxygen atoms in total. The molecule has 30 heavy (non-hydrogen) atoms. The Balaban J connectivity index is 1.92. The topological polar surface area (TPSA) is 76.0 Å². The molecule has 0 radical (unpaired) electrons. The number of hydrogen-bond donors (Lipinski definition) is 2. The zero-order valence-electron chi connectivity index (χ0n) is 16.3. The van der Waals surface area contributed by atoms with Crippen LogP contribution in [0.5, 0.6) is 0 Å². The highest BCUT2D eigenvalue weighted by Crippen LogP contribution is 2.34. The second-order valence-electron chi connectivity index (χ2n) is 6.93. The fourth-order valence-corrected chi connectivity index (χ4v) is 3.28. The van der Waals surface area contributed by atoms with Crippen LogP contribution < -0.4 is 10.6 Å². The molecule has 0 aliphatic carbocycles. The minimum absolute atomic E-state index is 0.0655. The van der Waals surface area contributed by atoms with E-state index in [2.05, 4.69) is 15.6 Å². The van der Waals surface area contributed by atoms with Gasteiger partial charge in [-0.15, -0.1) is 0 Å². The minimum atomic E-state index is -4.62. The Morgan fingerprint density at radius 3 is 2.37 bits per heavy atom. The van der Waals surface area contributed by atoms with Crippen molar-refractivity contribution in [2.75, 3.05) is 10.6 Å². The molecule has 0 bridgehead atoms. The Hall–Kier alpha value is -3.07. The lowest BCUT2D eigenvalue weighted by Gasteiger charge is -2.14. The average molecular weight is 439 g/mol. The molecule has 0 spiro atoms. The maximum Gasteiger partial charge on any atom is 0.449 e. The van der Waals surface area contributed by atoms with Crippen LogP contribution in [-0.2, 0) is 11.0 Å². The molecule has 3 aromatic rings. The molecule has 2 amide bonds. The average Bonchev–Trinajstić information content (AvgIpc) is 3.02. The third-order valence-corrected chi connectivity index (χ3v) is 4.57. The standard InChI is InChI=1S/C20H18ClF3N4O2/c1-10(2)28-17-7-4-12(8-16(17)27-19(28)20(22,23)24)18(30)26-15-6-5-13(9-14(15)21)25-11(3)29/h4-10H,1-3H3,(H,25,29)(H,26,30). The van der Waals surface area contributed by atoms with E-state index in [9.17, 15) is 22.8 Å². The van der Waals surface area contributed by atoms with Gasteiger partial charge in [0.15, 0.2) is 0 Å². The maximum absolute atomic E-state index is 13.3. The van der Waals surface area contributed by atoms with Gasteiger partial charge in [0.2, 0.25) is 11.7 Å². The van der Waals surface area contributed by atoms with Gasteiger partial charge in [-0.1, -0.05) is 11.6 Å². The number of aromatic nitrogens is 2. The van der Waals surface area contributed by atoms with Crippen LogP contribution in [-0.4, -0.2) is 21.4 Å². The Morgan fingerprint density at radius 2 is 1.80 bits per heavy atom. The van der Waals surface area contributed by atoms with Crippen molar-refractivity contribution in [2.24, 2.45) is 0 Å². The summed E-state index contributed by atoms with van der Waals surface area (Å²) < 4.78 is 41.1. The van der Waals surface area contributed by atoms with Gasteiger partial charge in [-0.25, -0.2) is 4.98 Å². The van der Waals surface area contributed by atoms with Crippen molar-refractivity contribution >= 4 is 45.8 Å². The first-order valence-corrected chi connectivity index (χ1v) is 9.33. The summed E-state index contributed by atoms with van der Waals surface area (Å²) in [6.45, 7) is 4.61. The second-order valence-corrected chi connectivity index (χ2v) is 7.34. The number of imidazole rings is 1. The van der Waals surface area contributed by atoms with Crippen LogP contribution in [0, 0.1) is 0 Å². The van der Waals surface area contributed by atoms with E-state index in [0.717, 1.165) is 4.57 Å². The Kier molecular flexibility index (Phi) is 5.76. The number of carbonyl (C=O) groups excluding carboxylic acids is 2. The number of carbonyl (C=O) groups is 2. The van der Waals surface area contributed by atoms with Crippen LogP contribution >= 0.6 is 11.6 Å². The molecule has 0 saturated heterocycles. The summed E-state index contributed by atoms with van der Waals surface area (Å²) in [5.74, 6) is -1.84. The van der Waals surface area contributed by atoms with Gasteiger partial charge < -0.3 is 15.2 Å². The van der Waals surface area contributed by atoms with E-state index < -0.39 is 23.9 Å². The quantitative estimate of drug-likeness (QED) is 0.564. The SMILES string of the molecule is CC(=O)Nc1ccc(NC(=O)c2ccc3c(c2)nc(C(F)(F)F)n3C(C)C)c(Cl)c1. The van der Waals surface area contributed by atoms with Gasteiger partial charge in [-0.05, 0) is 50.2 Å². The predicted octanol–water partition coefficient (Wildman–Crippen LogP) is 5.50. The molecule has 0 fully saturated rings. The summed E-state index contributed by atoms with van der Waals surface area (Å²) in [7, 11) is 0. The Bertz CT molecular complexity index is 1140. The number of hydrogen-bond acceptors (Lipinski definition) is 3. The molecule has 2 N–H and O–H groups in total. The summed E-state index contributed by atoms with van der Waals surface area (Å²) >= 11 is 6.14. The molecule has 0 aliphatic rings. The van der Waals surface area contributed by atoms with Crippen molar-refractivity contribution in [3.8, 4) is 0 Å². The van der Waals surface area contributed by atoms with Gasteiger partial charge >= 0.3 is 6.18 Å². The summed E-state index contributed by atoms with van der Waals surface area (Å²) in [5.41, 5.74) is 1.24. The number of anilines is 2. The van der Waals surface area contributed by atoms with E-state index in [0.29, 0.717) is 11.4 Å². The lowest BCUT2D eigenvalue weighted by molar-refractivity contribution is -0.147. The molecule has 1 aromatic heterocycles. The van der Waals surface area contributed by atoms with Gasteiger partial charge in [-0.3, -0.25) is 9.59 Å². The van der Waals surface area contributed by atoms with Crippen molar-refractivity contribution in [3.05, 3.63) is 52.8 Å². The van der Waals surface area contributed by atoms with E-state index in [1.807, 2.05) is 0 Å². The van der Waals surface area contributed by atoms with Crippen LogP contribution in [0.25, 0.3) is 11.0 Å². The van der Waals surface area contributed by atoms with E-state index in [1.54, 1.807) is 19.9 Å². The molecule has 10 heteroatoms. The number of benzene rings is 2. The van der Waals surface area contributed by atoms with Crippen molar-refractivity contribution in [1.82, 2.24) is 9.55 Å². The number of rotatable bonds is 4. The molecular weight excluding hydrogens is 421 g/mol. The van der Waals surface area contributed by atoms with E-state index in [4.69, 9.17) is 11.6 Å².